The molecule has 2 amide bonds. The molecule has 0 unspecified atom stereocenters. The number of halogens is 1. The van der Waals surface area contributed by atoms with Crippen molar-refractivity contribution < 1.29 is 19.1 Å². The molecule has 2 aromatic carbocycles. The van der Waals surface area contributed by atoms with Crippen LogP contribution < -0.4 is 10.6 Å². The number of carbonyl (C=O) groups is 2. The largest absolute Gasteiger partial charge is 0.448 e. The number of carbonyl (C=O) groups excluding carboxylic acids is 2. The number of rotatable bonds is 6. The Morgan fingerprint density at radius 2 is 1.83 bits per heavy atom. The molecule has 1 fully saturated rings. The molecular weight excluding hydrogens is 404 g/mol. The summed E-state index contributed by atoms with van der Waals surface area (Å²) in [7, 11) is 0. The van der Waals surface area contributed by atoms with Crippen molar-refractivity contribution in [3.05, 3.63) is 64.2 Å². The zero-order valence-corrected chi connectivity index (χ0v) is 18.1. The third-order valence-corrected chi connectivity index (χ3v) is 5.93. The quantitative estimate of drug-likeness (QED) is 0.701. The zero-order chi connectivity index (χ0) is 21.6. The standard InChI is InChI=1S/C23H27ClN2O4/c1-16-7-8-19(13-17(16)2)26-22(28)30-15-23(9-11-29-12-10-23)21(27)25-14-18-5-3-4-6-20(18)24/h3-8,13H,9-12,14-15H2,1-2H3,(H,25,27)(H,26,28). The Morgan fingerprint density at radius 3 is 2.53 bits per heavy atom. The van der Waals surface area contributed by atoms with E-state index in [0.29, 0.717) is 43.3 Å². The van der Waals surface area contributed by atoms with Crippen LogP contribution in [-0.2, 0) is 20.8 Å². The van der Waals surface area contributed by atoms with Gasteiger partial charge in [-0.3, -0.25) is 10.1 Å². The minimum atomic E-state index is -0.819. The maximum Gasteiger partial charge on any atom is 0.411 e. The fourth-order valence-corrected chi connectivity index (χ4v) is 3.58. The highest BCUT2D eigenvalue weighted by Crippen LogP contribution is 2.32. The Kier molecular flexibility index (Phi) is 7.34. The van der Waals surface area contributed by atoms with Gasteiger partial charge in [0, 0.05) is 30.5 Å². The molecule has 1 aliphatic rings. The maximum absolute atomic E-state index is 13.0. The molecule has 0 bridgehead atoms. The molecule has 0 aromatic heterocycles. The number of hydrogen-bond donors (Lipinski definition) is 2. The molecule has 3 rings (SSSR count). The third kappa shape index (κ3) is 5.52. The highest BCUT2D eigenvalue weighted by atomic mass is 35.5. The SMILES string of the molecule is Cc1ccc(NC(=O)OCC2(C(=O)NCc3ccccc3Cl)CCOCC2)cc1C. The Balaban J connectivity index is 1.61. The van der Waals surface area contributed by atoms with E-state index in [9.17, 15) is 9.59 Å². The van der Waals surface area contributed by atoms with E-state index < -0.39 is 11.5 Å². The first kappa shape index (κ1) is 22.1. The van der Waals surface area contributed by atoms with Gasteiger partial charge in [-0.15, -0.1) is 0 Å². The van der Waals surface area contributed by atoms with Gasteiger partial charge < -0.3 is 14.8 Å². The summed E-state index contributed by atoms with van der Waals surface area (Å²) in [6.07, 6.45) is 0.388. The number of hydrogen-bond acceptors (Lipinski definition) is 4. The van der Waals surface area contributed by atoms with Crippen LogP contribution in [0.25, 0.3) is 0 Å². The molecule has 2 N–H and O–H groups in total. The number of amides is 2. The van der Waals surface area contributed by atoms with Crippen molar-refractivity contribution in [1.82, 2.24) is 5.32 Å². The molecule has 0 saturated carbocycles. The second-order valence-electron chi connectivity index (χ2n) is 7.67. The van der Waals surface area contributed by atoms with Crippen molar-refractivity contribution in [2.24, 2.45) is 5.41 Å². The molecule has 0 spiro atoms. The molecule has 0 radical (unpaired) electrons. The van der Waals surface area contributed by atoms with E-state index in [2.05, 4.69) is 10.6 Å². The summed E-state index contributed by atoms with van der Waals surface area (Å²) in [5.41, 5.74) is 2.90. The summed E-state index contributed by atoms with van der Waals surface area (Å²) in [6.45, 7) is 5.18. The average molecular weight is 431 g/mol. The van der Waals surface area contributed by atoms with Gasteiger partial charge in [0.25, 0.3) is 0 Å². The lowest BCUT2D eigenvalue weighted by molar-refractivity contribution is -0.140. The van der Waals surface area contributed by atoms with Crippen LogP contribution in [0.3, 0.4) is 0 Å². The van der Waals surface area contributed by atoms with E-state index in [1.165, 1.54) is 0 Å². The maximum atomic E-state index is 13.0. The minimum absolute atomic E-state index is 0.0125. The minimum Gasteiger partial charge on any atom is -0.448 e. The van der Waals surface area contributed by atoms with E-state index in [1.807, 2.05) is 50.2 Å². The Labute approximate surface area is 181 Å². The van der Waals surface area contributed by atoms with Crippen LogP contribution in [0.4, 0.5) is 10.5 Å². The molecule has 0 atom stereocenters. The van der Waals surface area contributed by atoms with Gasteiger partial charge in [-0.05, 0) is 61.6 Å². The first-order valence-corrected chi connectivity index (χ1v) is 10.4. The van der Waals surface area contributed by atoms with E-state index in [4.69, 9.17) is 21.1 Å². The molecule has 30 heavy (non-hydrogen) atoms. The third-order valence-electron chi connectivity index (χ3n) is 5.56. The summed E-state index contributed by atoms with van der Waals surface area (Å²) in [6, 6.07) is 13.0. The van der Waals surface area contributed by atoms with E-state index >= 15 is 0 Å². The van der Waals surface area contributed by atoms with Crippen molar-refractivity contribution in [2.75, 3.05) is 25.1 Å². The molecule has 7 heteroatoms. The van der Waals surface area contributed by atoms with Gasteiger partial charge in [0.15, 0.2) is 0 Å². The molecule has 1 saturated heterocycles. The molecule has 160 valence electrons. The van der Waals surface area contributed by atoms with Gasteiger partial charge in [0.05, 0.1) is 5.41 Å². The van der Waals surface area contributed by atoms with E-state index in [0.717, 1.165) is 16.7 Å². The monoisotopic (exact) mass is 430 g/mol. The van der Waals surface area contributed by atoms with Gasteiger partial charge in [0.2, 0.25) is 5.91 Å². The number of benzene rings is 2. The first-order chi connectivity index (χ1) is 14.4. The lowest BCUT2D eigenvalue weighted by Gasteiger charge is -2.35. The number of aryl methyl sites for hydroxylation is 2. The zero-order valence-electron chi connectivity index (χ0n) is 17.3. The second-order valence-corrected chi connectivity index (χ2v) is 8.07. The average Bonchev–Trinajstić information content (AvgIpc) is 2.75. The lowest BCUT2D eigenvalue weighted by Crippen LogP contribution is -2.48. The second kappa shape index (κ2) is 9.96. The molecular formula is C23H27ClN2O4. The van der Waals surface area contributed by atoms with Crippen LogP contribution in [0.2, 0.25) is 5.02 Å². The summed E-state index contributed by atoms with van der Waals surface area (Å²) in [5, 5.41) is 6.28. The lowest BCUT2D eigenvalue weighted by atomic mass is 9.80. The van der Waals surface area contributed by atoms with Gasteiger partial charge in [0.1, 0.15) is 6.61 Å². The fourth-order valence-electron chi connectivity index (χ4n) is 3.38. The topological polar surface area (TPSA) is 76.7 Å². The van der Waals surface area contributed by atoms with Gasteiger partial charge in [-0.2, -0.15) is 0 Å². The number of ether oxygens (including phenoxy) is 2. The van der Waals surface area contributed by atoms with Gasteiger partial charge in [-0.1, -0.05) is 35.9 Å². The van der Waals surface area contributed by atoms with Crippen molar-refractivity contribution in [3.8, 4) is 0 Å². The molecule has 0 aliphatic carbocycles. The number of anilines is 1. The highest BCUT2D eigenvalue weighted by Gasteiger charge is 2.41. The molecule has 1 heterocycles. The van der Waals surface area contributed by atoms with Crippen LogP contribution in [0.1, 0.15) is 29.5 Å². The molecule has 2 aromatic rings. The van der Waals surface area contributed by atoms with Crippen LogP contribution in [0.5, 0.6) is 0 Å². The molecule has 6 nitrogen and oxygen atoms in total. The summed E-state index contributed by atoms with van der Waals surface area (Å²) in [4.78, 5) is 25.4. The summed E-state index contributed by atoms with van der Waals surface area (Å²) < 4.78 is 10.9. The van der Waals surface area contributed by atoms with Crippen LogP contribution in [-0.4, -0.2) is 31.8 Å². The fraction of sp³-hybridized carbons (Fsp3) is 0.391. The van der Waals surface area contributed by atoms with E-state index in [1.54, 1.807) is 6.07 Å². The van der Waals surface area contributed by atoms with Crippen molar-refractivity contribution in [3.63, 3.8) is 0 Å². The summed E-state index contributed by atoms with van der Waals surface area (Å²) >= 11 is 6.18. The van der Waals surface area contributed by atoms with Gasteiger partial charge in [-0.25, -0.2) is 4.79 Å². The Bertz CT molecular complexity index is 910. The van der Waals surface area contributed by atoms with Crippen LogP contribution in [0.15, 0.2) is 42.5 Å². The van der Waals surface area contributed by atoms with Crippen molar-refractivity contribution in [1.29, 1.82) is 0 Å². The van der Waals surface area contributed by atoms with Crippen LogP contribution in [0, 0.1) is 19.3 Å². The molecule has 1 aliphatic heterocycles. The Morgan fingerprint density at radius 1 is 1.10 bits per heavy atom. The number of nitrogens with one attached hydrogen (secondary N) is 2. The normalized spacial score (nSPS) is 15.3. The van der Waals surface area contributed by atoms with Crippen molar-refractivity contribution in [2.45, 2.75) is 33.2 Å². The van der Waals surface area contributed by atoms with Gasteiger partial charge >= 0.3 is 6.09 Å². The predicted molar refractivity (Wildman–Crippen MR) is 117 cm³/mol. The first-order valence-electron chi connectivity index (χ1n) is 10.0. The Hall–Kier alpha value is -2.57. The van der Waals surface area contributed by atoms with Crippen molar-refractivity contribution >= 4 is 29.3 Å². The highest BCUT2D eigenvalue weighted by molar-refractivity contribution is 6.31. The van der Waals surface area contributed by atoms with Crippen LogP contribution >= 0.6 is 11.6 Å². The van der Waals surface area contributed by atoms with E-state index in [-0.39, 0.29) is 12.5 Å². The predicted octanol–water partition coefficient (Wildman–Crippen LogP) is 4.62. The smallest absolute Gasteiger partial charge is 0.411 e. The summed E-state index contributed by atoms with van der Waals surface area (Å²) in [5.74, 6) is -0.162.